The zero-order valence-corrected chi connectivity index (χ0v) is 26.5. The van der Waals surface area contributed by atoms with Gasteiger partial charge in [-0.1, -0.05) is 134 Å². The Balaban J connectivity index is 1.15. The van der Waals surface area contributed by atoms with Gasteiger partial charge in [0.15, 0.2) is 0 Å². The van der Waals surface area contributed by atoms with Crippen molar-refractivity contribution in [2.45, 2.75) is 13.3 Å². The molecule has 0 spiro atoms. The van der Waals surface area contributed by atoms with Gasteiger partial charge in [0.25, 0.3) is 0 Å². The fourth-order valence-corrected chi connectivity index (χ4v) is 6.73. The number of fused-ring (bicyclic) bond motifs is 2. The van der Waals surface area contributed by atoms with Gasteiger partial charge < -0.3 is 9.80 Å². The maximum absolute atomic E-state index is 2.40. The second-order valence-electron chi connectivity index (χ2n) is 12.3. The summed E-state index contributed by atoms with van der Waals surface area (Å²) in [5, 5.41) is 4.95. The number of benzene rings is 7. The Morgan fingerprint density at radius 2 is 0.915 bits per heavy atom. The lowest BCUT2D eigenvalue weighted by molar-refractivity contribution is 0.728. The number of rotatable bonds is 7. The molecule has 8 rings (SSSR count). The zero-order valence-electron chi connectivity index (χ0n) is 26.5. The van der Waals surface area contributed by atoms with Crippen molar-refractivity contribution < 1.29 is 0 Å². The molecule has 2 nitrogen and oxygen atoms in total. The highest BCUT2D eigenvalue weighted by atomic mass is 15.2. The van der Waals surface area contributed by atoms with Crippen molar-refractivity contribution in [3.05, 3.63) is 188 Å². The van der Waals surface area contributed by atoms with Gasteiger partial charge in [-0.2, -0.15) is 0 Å². The number of nitrogens with zero attached hydrogens (tertiary/aromatic N) is 2. The molecule has 2 heteroatoms. The van der Waals surface area contributed by atoms with Crippen LogP contribution in [0.3, 0.4) is 0 Å². The van der Waals surface area contributed by atoms with Crippen LogP contribution in [0, 0.1) is 5.92 Å². The molecule has 7 aromatic carbocycles. The average molecular weight is 605 g/mol. The van der Waals surface area contributed by atoms with Crippen LogP contribution in [0.5, 0.6) is 0 Å². The second-order valence-corrected chi connectivity index (χ2v) is 12.3. The largest absolute Gasteiger partial charge is 0.310 e. The van der Waals surface area contributed by atoms with Gasteiger partial charge in [0, 0.05) is 33.5 Å². The summed E-state index contributed by atoms with van der Waals surface area (Å²) in [6, 6.07) is 58.9. The van der Waals surface area contributed by atoms with Crippen molar-refractivity contribution >= 4 is 50.0 Å². The highest BCUT2D eigenvalue weighted by Gasteiger charge is 2.19. The molecular formula is C45H36N2. The SMILES string of the molecule is C[C@@H]1C=CC(N(c2ccc(-c3ccc(N(c4ccccc4)c4cccc5ccccc45)cc3)cc2)c2cccc3ccccc23)=CC1. The quantitative estimate of drug-likeness (QED) is 0.179. The van der Waals surface area contributed by atoms with E-state index in [0.29, 0.717) is 5.92 Å². The van der Waals surface area contributed by atoms with E-state index in [2.05, 4.69) is 199 Å². The summed E-state index contributed by atoms with van der Waals surface area (Å²) >= 11 is 0. The van der Waals surface area contributed by atoms with E-state index in [1.54, 1.807) is 0 Å². The van der Waals surface area contributed by atoms with Crippen LogP contribution < -0.4 is 9.80 Å². The van der Waals surface area contributed by atoms with Crippen LogP contribution in [0.1, 0.15) is 13.3 Å². The van der Waals surface area contributed by atoms with Crippen LogP contribution in [0.15, 0.2) is 188 Å². The normalized spacial score (nSPS) is 14.2. The molecule has 0 fully saturated rings. The third-order valence-corrected chi connectivity index (χ3v) is 9.17. The molecule has 1 atom stereocenters. The lowest BCUT2D eigenvalue weighted by Gasteiger charge is -2.29. The molecule has 226 valence electrons. The maximum atomic E-state index is 2.40. The summed E-state index contributed by atoms with van der Waals surface area (Å²) in [5.41, 5.74) is 9.37. The van der Waals surface area contributed by atoms with Gasteiger partial charge >= 0.3 is 0 Å². The van der Waals surface area contributed by atoms with Crippen LogP contribution in [0.4, 0.5) is 28.4 Å². The van der Waals surface area contributed by atoms with Gasteiger partial charge in [-0.25, -0.2) is 0 Å². The fourth-order valence-electron chi connectivity index (χ4n) is 6.73. The summed E-state index contributed by atoms with van der Waals surface area (Å²) < 4.78 is 0. The van der Waals surface area contributed by atoms with Gasteiger partial charge in [-0.15, -0.1) is 0 Å². The van der Waals surface area contributed by atoms with Gasteiger partial charge in [-0.3, -0.25) is 0 Å². The van der Waals surface area contributed by atoms with E-state index in [1.165, 1.54) is 49.7 Å². The van der Waals surface area contributed by atoms with Crippen LogP contribution in [0.2, 0.25) is 0 Å². The van der Waals surface area contributed by atoms with E-state index in [0.717, 1.165) is 23.5 Å². The predicted octanol–water partition coefficient (Wildman–Crippen LogP) is 12.7. The maximum Gasteiger partial charge on any atom is 0.0540 e. The van der Waals surface area contributed by atoms with Crippen molar-refractivity contribution in [2.24, 2.45) is 5.92 Å². The molecule has 0 bridgehead atoms. The highest BCUT2D eigenvalue weighted by Crippen LogP contribution is 2.41. The van der Waals surface area contributed by atoms with E-state index in [4.69, 9.17) is 0 Å². The lowest BCUT2D eigenvalue weighted by Crippen LogP contribution is -2.17. The minimum absolute atomic E-state index is 0.553. The number of hydrogen-bond acceptors (Lipinski definition) is 2. The number of allylic oxidation sites excluding steroid dienone is 3. The van der Waals surface area contributed by atoms with Crippen LogP contribution in [-0.2, 0) is 0 Å². The van der Waals surface area contributed by atoms with Gasteiger partial charge in [-0.05, 0) is 88.8 Å². The first-order chi connectivity index (χ1) is 23.2. The lowest BCUT2D eigenvalue weighted by atomic mass is 9.99. The van der Waals surface area contributed by atoms with Crippen LogP contribution in [-0.4, -0.2) is 0 Å². The Morgan fingerprint density at radius 3 is 1.47 bits per heavy atom. The Hall–Kier alpha value is -5.86. The summed E-state index contributed by atoms with van der Waals surface area (Å²) in [5.74, 6) is 0.553. The minimum Gasteiger partial charge on any atom is -0.310 e. The zero-order chi connectivity index (χ0) is 31.6. The number of anilines is 5. The van der Waals surface area contributed by atoms with Gasteiger partial charge in [0.1, 0.15) is 0 Å². The first-order valence-electron chi connectivity index (χ1n) is 16.4. The fraction of sp³-hybridized carbons (Fsp3) is 0.0667. The predicted molar refractivity (Wildman–Crippen MR) is 201 cm³/mol. The van der Waals surface area contributed by atoms with Crippen molar-refractivity contribution in [1.29, 1.82) is 0 Å². The molecule has 0 amide bonds. The Morgan fingerprint density at radius 1 is 0.447 bits per heavy atom. The Kier molecular flexibility index (Phi) is 7.61. The number of hydrogen-bond donors (Lipinski definition) is 0. The summed E-state index contributed by atoms with van der Waals surface area (Å²) in [6.07, 6.45) is 8.00. The highest BCUT2D eigenvalue weighted by molar-refractivity contribution is 5.99. The topological polar surface area (TPSA) is 6.48 Å². The smallest absolute Gasteiger partial charge is 0.0540 e. The monoisotopic (exact) mass is 604 g/mol. The molecule has 1 aliphatic rings. The van der Waals surface area contributed by atoms with E-state index >= 15 is 0 Å². The van der Waals surface area contributed by atoms with Crippen LogP contribution >= 0.6 is 0 Å². The summed E-state index contributed by atoms with van der Waals surface area (Å²) in [4.78, 5) is 4.75. The molecule has 0 N–H and O–H groups in total. The van der Waals surface area contributed by atoms with Crippen molar-refractivity contribution in [2.75, 3.05) is 9.80 Å². The van der Waals surface area contributed by atoms with Gasteiger partial charge in [0.05, 0.1) is 11.4 Å². The molecule has 0 heterocycles. The van der Waals surface area contributed by atoms with Crippen molar-refractivity contribution in [3.63, 3.8) is 0 Å². The molecule has 0 aliphatic heterocycles. The van der Waals surface area contributed by atoms with E-state index in [-0.39, 0.29) is 0 Å². The third kappa shape index (κ3) is 5.60. The first kappa shape index (κ1) is 28.6. The first-order valence-corrected chi connectivity index (χ1v) is 16.4. The molecule has 0 saturated carbocycles. The molecule has 1 aliphatic carbocycles. The third-order valence-electron chi connectivity index (χ3n) is 9.17. The van der Waals surface area contributed by atoms with E-state index in [9.17, 15) is 0 Å². The summed E-state index contributed by atoms with van der Waals surface area (Å²) in [6.45, 7) is 2.27. The molecule has 7 aromatic rings. The number of para-hydroxylation sites is 1. The molecule has 0 radical (unpaired) electrons. The Bertz CT molecular complexity index is 2220. The molecular weight excluding hydrogens is 569 g/mol. The van der Waals surface area contributed by atoms with E-state index < -0.39 is 0 Å². The molecule has 0 saturated heterocycles. The molecule has 0 aromatic heterocycles. The van der Waals surface area contributed by atoms with Crippen LogP contribution in [0.25, 0.3) is 32.7 Å². The summed E-state index contributed by atoms with van der Waals surface area (Å²) in [7, 11) is 0. The van der Waals surface area contributed by atoms with Gasteiger partial charge in [0.2, 0.25) is 0 Å². The second kappa shape index (κ2) is 12.5. The van der Waals surface area contributed by atoms with Crippen molar-refractivity contribution in [1.82, 2.24) is 0 Å². The molecule has 0 unspecified atom stereocenters. The molecule has 47 heavy (non-hydrogen) atoms. The van der Waals surface area contributed by atoms with E-state index in [1.807, 2.05) is 0 Å². The van der Waals surface area contributed by atoms with Crippen molar-refractivity contribution in [3.8, 4) is 11.1 Å². The average Bonchev–Trinajstić information content (AvgIpc) is 3.14. The Labute approximate surface area is 277 Å². The standard InChI is InChI=1S/C45H36N2/c1-33-21-27-39(28-22-33)47(45-20-10-14-37-12-6-8-18-43(37)45)41-31-25-35(26-32-41)34-23-29-40(30-24-34)46(38-15-3-2-4-16-38)44-19-9-13-36-11-5-7-17-42(36)44/h2-21,23-33H,22H2,1H3/t33-/m1/s1. The minimum atomic E-state index is 0.553.